The van der Waals surface area contributed by atoms with Gasteiger partial charge >= 0.3 is 0 Å². The van der Waals surface area contributed by atoms with Crippen molar-refractivity contribution in [2.75, 3.05) is 25.5 Å². The molecule has 0 bridgehead atoms. The van der Waals surface area contributed by atoms with Crippen LogP contribution in [0.25, 0.3) is 0 Å². The molecular weight excluding hydrogens is 358 g/mol. The molecule has 2 amide bonds. The van der Waals surface area contributed by atoms with Gasteiger partial charge in [0.2, 0.25) is 11.8 Å². The zero-order chi connectivity index (χ0) is 18.2. The molecule has 0 aliphatic rings. The van der Waals surface area contributed by atoms with Crippen molar-refractivity contribution in [3.63, 3.8) is 0 Å². The van der Waals surface area contributed by atoms with E-state index in [1.165, 1.54) is 4.88 Å². The third-order valence-corrected chi connectivity index (χ3v) is 5.10. The number of benzene rings is 1. The Morgan fingerprint density at radius 2 is 2.00 bits per heavy atom. The lowest BCUT2D eigenvalue weighted by Gasteiger charge is -2.23. The highest BCUT2D eigenvalue weighted by Gasteiger charge is 2.20. The highest BCUT2D eigenvalue weighted by atomic mass is 35.5. The van der Waals surface area contributed by atoms with Crippen molar-refractivity contribution in [2.24, 2.45) is 0 Å². The Balaban J connectivity index is 1.76. The summed E-state index contributed by atoms with van der Waals surface area (Å²) in [5, 5.41) is 8.16. The summed E-state index contributed by atoms with van der Waals surface area (Å²) in [6.07, 6.45) is 0.812. The van der Waals surface area contributed by atoms with Crippen molar-refractivity contribution in [3.05, 3.63) is 51.7 Å². The second-order valence-electron chi connectivity index (χ2n) is 5.74. The van der Waals surface area contributed by atoms with Gasteiger partial charge in [0.15, 0.2) is 0 Å². The molecular formula is C18H22ClN3O2S. The van der Waals surface area contributed by atoms with E-state index in [-0.39, 0.29) is 18.4 Å². The number of nitrogens with zero attached hydrogens (tertiary/aromatic N) is 1. The lowest BCUT2D eigenvalue weighted by atomic mass is 10.2. The Labute approximate surface area is 157 Å². The van der Waals surface area contributed by atoms with Gasteiger partial charge in [-0.05, 0) is 44.0 Å². The van der Waals surface area contributed by atoms with Gasteiger partial charge in [-0.3, -0.25) is 14.5 Å². The number of hydrogen-bond donors (Lipinski definition) is 2. The van der Waals surface area contributed by atoms with Crippen LogP contribution in [0.1, 0.15) is 11.8 Å². The van der Waals surface area contributed by atoms with E-state index in [1.807, 2.05) is 17.5 Å². The Hall–Kier alpha value is -1.89. The van der Waals surface area contributed by atoms with Gasteiger partial charge < -0.3 is 10.6 Å². The van der Waals surface area contributed by atoms with Crippen LogP contribution in [-0.2, 0) is 16.0 Å². The number of hydrogen-bond acceptors (Lipinski definition) is 4. The van der Waals surface area contributed by atoms with Gasteiger partial charge in [-0.25, -0.2) is 0 Å². The maximum Gasteiger partial charge on any atom is 0.238 e. The third kappa shape index (κ3) is 6.16. The van der Waals surface area contributed by atoms with Crippen LogP contribution < -0.4 is 10.6 Å². The minimum Gasteiger partial charge on any atom is -0.354 e. The van der Waals surface area contributed by atoms with Gasteiger partial charge in [0.05, 0.1) is 23.3 Å². The van der Waals surface area contributed by atoms with Gasteiger partial charge in [-0.15, -0.1) is 11.3 Å². The number of likely N-dealkylation sites (N-methyl/N-ethyl adjacent to an activating group) is 1. The first-order chi connectivity index (χ1) is 12.0. The highest BCUT2D eigenvalue weighted by molar-refractivity contribution is 7.09. The number of para-hydroxylation sites is 1. The number of carbonyl (C=O) groups is 2. The van der Waals surface area contributed by atoms with Crippen molar-refractivity contribution in [3.8, 4) is 0 Å². The number of anilines is 1. The maximum absolute atomic E-state index is 12.2. The number of carbonyl (C=O) groups excluding carboxylic acids is 2. The van der Waals surface area contributed by atoms with Gasteiger partial charge in [-0.2, -0.15) is 0 Å². The largest absolute Gasteiger partial charge is 0.354 e. The van der Waals surface area contributed by atoms with Crippen LogP contribution in [0.3, 0.4) is 0 Å². The zero-order valence-electron chi connectivity index (χ0n) is 14.3. The molecule has 0 saturated heterocycles. The average Bonchev–Trinajstić information content (AvgIpc) is 3.09. The average molecular weight is 380 g/mol. The summed E-state index contributed by atoms with van der Waals surface area (Å²) in [6.45, 7) is 2.47. The molecule has 1 aromatic heterocycles. The fraction of sp³-hybridized carbons (Fsp3) is 0.333. The Morgan fingerprint density at radius 1 is 1.24 bits per heavy atom. The molecule has 25 heavy (non-hydrogen) atoms. The molecule has 2 aromatic rings. The van der Waals surface area contributed by atoms with Crippen LogP contribution in [0, 0.1) is 0 Å². The van der Waals surface area contributed by atoms with E-state index < -0.39 is 6.04 Å². The van der Waals surface area contributed by atoms with Crippen LogP contribution in [0.15, 0.2) is 41.8 Å². The monoisotopic (exact) mass is 379 g/mol. The van der Waals surface area contributed by atoms with Crippen LogP contribution in [-0.4, -0.2) is 42.9 Å². The molecule has 2 N–H and O–H groups in total. The molecule has 0 aliphatic heterocycles. The topological polar surface area (TPSA) is 61.4 Å². The summed E-state index contributed by atoms with van der Waals surface area (Å²) in [5.74, 6) is -0.307. The van der Waals surface area contributed by atoms with Gasteiger partial charge in [0.25, 0.3) is 0 Å². The van der Waals surface area contributed by atoms with E-state index in [1.54, 1.807) is 54.5 Å². The highest BCUT2D eigenvalue weighted by Crippen LogP contribution is 2.20. The summed E-state index contributed by atoms with van der Waals surface area (Å²) in [5.41, 5.74) is 0.565. The van der Waals surface area contributed by atoms with Crippen molar-refractivity contribution in [2.45, 2.75) is 19.4 Å². The number of amides is 2. The molecule has 1 aromatic carbocycles. The molecule has 5 nitrogen and oxygen atoms in total. The summed E-state index contributed by atoms with van der Waals surface area (Å²) in [4.78, 5) is 27.3. The van der Waals surface area contributed by atoms with Crippen LogP contribution in [0.2, 0.25) is 5.02 Å². The number of nitrogens with one attached hydrogen (secondary N) is 2. The summed E-state index contributed by atoms with van der Waals surface area (Å²) in [6, 6.07) is 10.7. The quantitative estimate of drug-likeness (QED) is 0.741. The number of halogens is 1. The summed E-state index contributed by atoms with van der Waals surface area (Å²) in [7, 11) is 1.75. The van der Waals surface area contributed by atoms with E-state index in [0.29, 0.717) is 17.3 Å². The molecule has 1 atom stereocenters. The van der Waals surface area contributed by atoms with Crippen molar-refractivity contribution in [1.82, 2.24) is 10.2 Å². The van der Waals surface area contributed by atoms with Gasteiger partial charge in [0, 0.05) is 11.4 Å². The number of thiophene rings is 1. The van der Waals surface area contributed by atoms with Crippen molar-refractivity contribution < 1.29 is 9.59 Å². The normalized spacial score (nSPS) is 12.0. The van der Waals surface area contributed by atoms with Crippen molar-refractivity contribution in [1.29, 1.82) is 0 Å². The fourth-order valence-corrected chi connectivity index (χ4v) is 3.12. The summed E-state index contributed by atoms with van der Waals surface area (Å²) >= 11 is 7.70. The first kappa shape index (κ1) is 19.4. The van der Waals surface area contributed by atoms with E-state index in [4.69, 9.17) is 11.6 Å². The first-order valence-electron chi connectivity index (χ1n) is 8.02. The molecule has 1 heterocycles. The molecule has 7 heteroatoms. The Kier molecular flexibility index (Phi) is 7.43. The van der Waals surface area contributed by atoms with Crippen LogP contribution in [0.5, 0.6) is 0 Å². The maximum atomic E-state index is 12.2. The predicted octanol–water partition coefficient (Wildman–Crippen LogP) is 3.02. The van der Waals surface area contributed by atoms with E-state index in [9.17, 15) is 9.59 Å². The van der Waals surface area contributed by atoms with E-state index in [0.717, 1.165) is 6.42 Å². The molecule has 2 rings (SSSR count). The standard InChI is InChI=1S/C18H22ClN3O2S/c1-13(18(24)20-10-9-14-6-5-11-25-14)22(2)12-17(23)21-16-8-4-3-7-15(16)19/h3-8,11,13H,9-10,12H2,1-2H3,(H,20,24)(H,21,23)/t13-/m1/s1. The zero-order valence-corrected chi connectivity index (χ0v) is 15.9. The molecule has 0 saturated carbocycles. The number of rotatable bonds is 8. The van der Waals surface area contributed by atoms with E-state index >= 15 is 0 Å². The lowest BCUT2D eigenvalue weighted by molar-refractivity contribution is -0.126. The minimum absolute atomic E-state index is 0.0930. The molecule has 0 fully saturated rings. The van der Waals surface area contributed by atoms with Crippen molar-refractivity contribution >= 4 is 40.4 Å². The van der Waals surface area contributed by atoms with E-state index in [2.05, 4.69) is 10.6 Å². The molecule has 0 aliphatic carbocycles. The van der Waals surface area contributed by atoms with Crippen LogP contribution in [0.4, 0.5) is 5.69 Å². The fourth-order valence-electron chi connectivity index (χ4n) is 2.23. The molecule has 0 radical (unpaired) electrons. The Morgan fingerprint density at radius 3 is 2.68 bits per heavy atom. The predicted molar refractivity (Wildman–Crippen MR) is 103 cm³/mol. The lowest BCUT2D eigenvalue weighted by Crippen LogP contribution is -2.46. The Bertz CT molecular complexity index is 706. The van der Waals surface area contributed by atoms with Gasteiger partial charge in [0.1, 0.15) is 0 Å². The minimum atomic E-state index is -0.402. The summed E-state index contributed by atoms with van der Waals surface area (Å²) < 4.78 is 0. The SMILES string of the molecule is C[C@H](C(=O)NCCc1cccs1)N(C)CC(=O)Nc1ccccc1Cl. The van der Waals surface area contributed by atoms with Crippen LogP contribution >= 0.6 is 22.9 Å². The molecule has 134 valence electrons. The molecule has 0 unspecified atom stereocenters. The third-order valence-electron chi connectivity index (χ3n) is 3.83. The molecule has 0 spiro atoms. The second kappa shape index (κ2) is 9.56. The second-order valence-corrected chi connectivity index (χ2v) is 7.18. The first-order valence-corrected chi connectivity index (χ1v) is 9.28. The smallest absolute Gasteiger partial charge is 0.238 e. The van der Waals surface area contributed by atoms with Gasteiger partial charge in [-0.1, -0.05) is 29.8 Å².